The molecule has 1 aromatic rings. The molecule has 0 saturated heterocycles. The predicted molar refractivity (Wildman–Crippen MR) is 96.9 cm³/mol. The number of hydrogen-bond donors (Lipinski definition) is 1. The number of nitro groups is 1. The second kappa shape index (κ2) is 8.28. The molecule has 0 aliphatic rings. The summed E-state index contributed by atoms with van der Waals surface area (Å²) in [4.78, 5) is 23.0. The highest BCUT2D eigenvalue weighted by atomic mass is 32.2. The minimum absolute atomic E-state index is 0.0934. The third-order valence-corrected chi connectivity index (χ3v) is 5.17. The van der Waals surface area contributed by atoms with Crippen molar-refractivity contribution in [3.8, 4) is 0 Å². The smallest absolute Gasteiger partial charge is 0.271 e. The Morgan fingerprint density at radius 2 is 1.92 bits per heavy atom. The maximum atomic E-state index is 12.6. The van der Waals surface area contributed by atoms with Gasteiger partial charge >= 0.3 is 0 Å². The Bertz CT molecular complexity index is 733. The van der Waals surface area contributed by atoms with E-state index in [-0.39, 0.29) is 29.8 Å². The summed E-state index contributed by atoms with van der Waals surface area (Å²) < 4.78 is 25.6. The van der Waals surface area contributed by atoms with Crippen LogP contribution in [-0.2, 0) is 14.8 Å². The number of carbonyl (C=O) groups is 1. The van der Waals surface area contributed by atoms with E-state index >= 15 is 0 Å². The van der Waals surface area contributed by atoms with E-state index in [2.05, 4.69) is 5.32 Å². The van der Waals surface area contributed by atoms with Crippen molar-refractivity contribution in [3.05, 3.63) is 34.4 Å². The van der Waals surface area contributed by atoms with Gasteiger partial charge < -0.3 is 5.32 Å². The number of nitrogens with one attached hydrogen (secondary N) is 1. The summed E-state index contributed by atoms with van der Waals surface area (Å²) in [6.07, 6.45) is 1.21. The molecule has 2 atom stereocenters. The molecular formula is C16H25N3O5S. The van der Waals surface area contributed by atoms with Crippen LogP contribution in [0, 0.1) is 16.0 Å². The van der Waals surface area contributed by atoms with Crippen molar-refractivity contribution < 1.29 is 18.1 Å². The number of nitrogens with zero attached hydrogens (tertiary/aromatic N) is 2. The van der Waals surface area contributed by atoms with Gasteiger partial charge in [0.1, 0.15) is 6.04 Å². The fraction of sp³-hybridized carbons (Fsp3) is 0.562. The zero-order chi connectivity index (χ0) is 19.4. The molecule has 1 aromatic carbocycles. The summed E-state index contributed by atoms with van der Waals surface area (Å²) in [5.74, 6) is -0.244. The van der Waals surface area contributed by atoms with E-state index in [9.17, 15) is 23.3 Å². The van der Waals surface area contributed by atoms with Crippen molar-refractivity contribution >= 4 is 27.3 Å². The van der Waals surface area contributed by atoms with Gasteiger partial charge in [-0.2, -0.15) is 0 Å². The summed E-state index contributed by atoms with van der Waals surface area (Å²) in [6, 6.07) is 4.14. The van der Waals surface area contributed by atoms with Crippen LogP contribution in [0.5, 0.6) is 0 Å². The van der Waals surface area contributed by atoms with Crippen molar-refractivity contribution in [2.75, 3.05) is 10.6 Å². The van der Waals surface area contributed by atoms with Gasteiger partial charge in [-0.3, -0.25) is 19.2 Å². The summed E-state index contributed by atoms with van der Waals surface area (Å²) >= 11 is 0. The minimum Gasteiger partial charge on any atom is -0.352 e. The summed E-state index contributed by atoms with van der Waals surface area (Å²) in [6.45, 7) is 7.43. The van der Waals surface area contributed by atoms with E-state index in [1.54, 1.807) is 6.92 Å². The Morgan fingerprint density at radius 1 is 1.32 bits per heavy atom. The summed E-state index contributed by atoms with van der Waals surface area (Å²) in [7, 11) is -3.82. The second-order valence-corrected chi connectivity index (χ2v) is 8.16. The van der Waals surface area contributed by atoms with Crippen molar-refractivity contribution in [2.24, 2.45) is 5.92 Å². The molecule has 0 aliphatic carbocycles. The van der Waals surface area contributed by atoms with Gasteiger partial charge in [-0.15, -0.1) is 0 Å². The SMILES string of the molecule is CC[C@H](C(=O)N[C@@H](C)C(C)C)N(c1cccc([N+](=O)[O-])c1)S(C)(=O)=O. The Hall–Kier alpha value is -2.16. The first-order valence-electron chi connectivity index (χ1n) is 8.03. The number of amides is 1. The van der Waals surface area contributed by atoms with Crippen molar-refractivity contribution in [1.82, 2.24) is 5.32 Å². The van der Waals surface area contributed by atoms with Crippen molar-refractivity contribution in [3.63, 3.8) is 0 Å². The Balaban J connectivity index is 3.31. The fourth-order valence-corrected chi connectivity index (χ4v) is 3.49. The molecule has 0 unspecified atom stereocenters. The van der Waals surface area contributed by atoms with Gasteiger partial charge in [0.25, 0.3) is 5.69 Å². The molecule has 8 nitrogen and oxygen atoms in total. The van der Waals surface area contributed by atoms with Gasteiger partial charge in [0.2, 0.25) is 15.9 Å². The maximum Gasteiger partial charge on any atom is 0.271 e. The Kier molecular flexibility index (Phi) is 6.92. The number of nitro benzene ring substituents is 1. The number of non-ortho nitro benzene ring substituents is 1. The fourth-order valence-electron chi connectivity index (χ4n) is 2.29. The van der Waals surface area contributed by atoms with Crippen LogP contribution in [0.25, 0.3) is 0 Å². The first-order chi connectivity index (χ1) is 11.5. The van der Waals surface area contributed by atoms with E-state index in [1.165, 1.54) is 18.2 Å². The first kappa shape index (κ1) is 20.9. The number of anilines is 1. The largest absolute Gasteiger partial charge is 0.352 e. The maximum absolute atomic E-state index is 12.6. The molecule has 1 amide bonds. The molecule has 0 spiro atoms. The molecule has 25 heavy (non-hydrogen) atoms. The number of benzene rings is 1. The molecule has 0 heterocycles. The average molecular weight is 371 g/mol. The molecule has 0 saturated carbocycles. The van der Waals surface area contributed by atoms with Crippen LogP contribution >= 0.6 is 0 Å². The normalized spacial score (nSPS) is 14.0. The molecule has 140 valence electrons. The number of sulfonamides is 1. The quantitative estimate of drug-likeness (QED) is 0.557. The topological polar surface area (TPSA) is 110 Å². The van der Waals surface area contributed by atoms with Crippen molar-refractivity contribution in [1.29, 1.82) is 0 Å². The highest BCUT2D eigenvalue weighted by Crippen LogP contribution is 2.26. The van der Waals surface area contributed by atoms with Gasteiger partial charge in [0.05, 0.1) is 16.9 Å². The highest BCUT2D eigenvalue weighted by molar-refractivity contribution is 7.92. The molecule has 1 rings (SSSR count). The van der Waals surface area contributed by atoms with E-state index in [1.807, 2.05) is 20.8 Å². The number of rotatable bonds is 8. The van der Waals surface area contributed by atoms with Crippen LogP contribution < -0.4 is 9.62 Å². The van der Waals surface area contributed by atoms with Gasteiger partial charge in [-0.05, 0) is 25.3 Å². The second-order valence-electron chi connectivity index (χ2n) is 6.30. The van der Waals surface area contributed by atoms with E-state index < -0.39 is 26.9 Å². The summed E-state index contributed by atoms with van der Waals surface area (Å²) in [5.41, 5.74) is -0.146. The van der Waals surface area contributed by atoms with Crippen LogP contribution in [0.4, 0.5) is 11.4 Å². The molecule has 0 aliphatic heterocycles. The van der Waals surface area contributed by atoms with Gasteiger partial charge in [-0.25, -0.2) is 8.42 Å². The van der Waals surface area contributed by atoms with E-state index in [4.69, 9.17) is 0 Å². The van der Waals surface area contributed by atoms with Crippen LogP contribution in [0.2, 0.25) is 0 Å². The lowest BCUT2D eigenvalue weighted by Gasteiger charge is -2.31. The zero-order valence-electron chi connectivity index (χ0n) is 15.1. The van der Waals surface area contributed by atoms with Gasteiger partial charge in [0.15, 0.2) is 0 Å². The molecule has 9 heteroatoms. The standard InChI is InChI=1S/C16H25N3O5S/c1-6-15(16(20)17-12(4)11(2)3)18(25(5,23)24)13-8-7-9-14(10-13)19(21)22/h7-12,15H,6H2,1-5H3,(H,17,20)/t12-,15+/m0/s1. The molecule has 0 fully saturated rings. The minimum atomic E-state index is -3.82. The number of hydrogen-bond acceptors (Lipinski definition) is 5. The lowest BCUT2D eigenvalue weighted by atomic mass is 10.1. The van der Waals surface area contributed by atoms with Crippen LogP contribution in [0.15, 0.2) is 24.3 Å². The third-order valence-electron chi connectivity index (χ3n) is 3.99. The first-order valence-corrected chi connectivity index (χ1v) is 9.88. The van der Waals surface area contributed by atoms with Crippen LogP contribution in [0.3, 0.4) is 0 Å². The third kappa shape index (κ3) is 5.42. The van der Waals surface area contributed by atoms with Gasteiger partial charge in [0, 0.05) is 18.2 Å². The molecule has 0 bridgehead atoms. The molecule has 0 aromatic heterocycles. The summed E-state index contributed by atoms with van der Waals surface area (Å²) in [5, 5.41) is 13.8. The highest BCUT2D eigenvalue weighted by Gasteiger charge is 2.33. The monoisotopic (exact) mass is 371 g/mol. The lowest BCUT2D eigenvalue weighted by Crippen LogP contribution is -2.52. The Labute approximate surface area is 148 Å². The Morgan fingerprint density at radius 3 is 2.36 bits per heavy atom. The zero-order valence-corrected chi connectivity index (χ0v) is 15.9. The van der Waals surface area contributed by atoms with Gasteiger partial charge in [-0.1, -0.05) is 26.8 Å². The average Bonchev–Trinajstić information content (AvgIpc) is 2.50. The number of carbonyl (C=O) groups excluding carboxylic acids is 1. The van der Waals surface area contributed by atoms with Crippen LogP contribution in [-0.4, -0.2) is 37.6 Å². The predicted octanol–water partition coefficient (Wildman–Crippen LogP) is 2.30. The molecule has 0 radical (unpaired) electrons. The lowest BCUT2D eigenvalue weighted by molar-refractivity contribution is -0.384. The van der Waals surface area contributed by atoms with Crippen LogP contribution in [0.1, 0.15) is 34.1 Å². The van der Waals surface area contributed by atoms with Crippen molar-refractivity contribution in [2.45, 2.75) is 46.2 Å². The van der Waals surface area contributed by atoms with E-state index in [0.717, 1.165) is 16.6 Å². The molecular weight excluding hydrogens is 346 g/mol. The molecule has 1 N–H and O–H groups in total. The van der Waals surface area contributed by atoms with E-state index in [0.29, 0.717) is 0 Å².